The molecule has 3 aliphatic heterocycles. The number of aromatic nitrogens is 3. The summed E-state index contributed by atoms with van der Waals surface area (Å²) >= 11 is 0. The molecule has 0 spiro atoms. The number of hydrogen-bond acceptors (Lipinski definition) is 7. The SMILES string of the molecule is Cc1nc2cc3nn2c(c1C(OC(C)(C)C)C(=O)O)N1CCC(C)(CC1)OCC=CCc1ccccc1OC3. The largest absolute Gasteiger partial charge is 0.487 e. The van der Waals surface area contributed by atoms with Gasteiger partial charge in [-0.1, -0.05) is 30.4 Å². The van der Waals surface area contributed by atoms with E-state index in [9.17, 15) is 9.90 Å². The minimum Gasteiger partial charge on any atom is -0.487 e. The van der Waals surface area contributed by atoms with Crippen LogP contribution in [-0.4, -0.2) is 56.6 Å². The molecule has 39 heavy (non-hydrogen) atoms. The molecule has 1 saturated heterocycles. The molecule has 0 radical (unpaired) electrons. The third-order valence-corrected chi connectivity index (χ3v) is 7.31. The van der Waals surface area contributed by atoms with Crippen LogP contribution in [0.15, 0.2) is 42.5 Å². The highest BCUT2D eigenvalue weighted by Gasteiger charge is 2.37. The normalized spacial score (nSPS) is 18.5. The van der Waals surface area contributed by atoms with Crippen LogP contribution in [0.1, 0.15) is 69.2 Å². The highest BCUT2D eigenvalue weighted by Crippen LogP contribution is 2.37. The maximum atomic E-state index is 12.6. The van der Waals surface area contributed by atoms with Gasteiger partial charge in [0.15, 0.2) is 11.8 Å². The van der Waals surface area contributed by atoms with E-state index in [4.69, 9.17) is 24.3 Å². The van der Waals surface area contributed by atoms with Gasteiger partial charge in [-0.05, 0) is 65.5 Å². The number of nitrogens with zero attached hydrogens (tertiary/aromatic N) is 4. The Morgan fingerprint density at radius 2 is 1.92 bits per heavy atom. The Morgan fingerprint density at radius 3 is 2.64 bits per heavy atom. The van der Waals surface area contributed by atoms with Crippen molar-refractivity contribution in [1.29, 1.82) is 0 Å². The zero-order valence-corrected chi connectivity index (χ0v) is 23.4. The van der Waals surface area contributed by atoms with E-state index in [1.165, 1.54) is 0 Å². The zero-order valence-electron chi connectivity index (χ0n) is 23.4. The van der Waals surface area contributed by atoms with Crippen molar-refractivity contribution in [1.82, 2.24) is 14.6 Å². The van der Waals surface area contributed by atoms with Crippen LogP contribution in [0.4, 0.5) is 5.82 Å². The summed E-state index contributed by atoms with van der Waals surface area (Å²) in [6.07, 6.45) is 5.32. The average molecular weight is 535 g/mol. The summed E-state index contributed by atoms with van der Waals surface area (Å²) in [5.41, 5.74) is 2.62. The number of carboxylic acids is 1. The second kappa shape index (κ2) is 10.6. The third kappa shape index (κ3) is 5.94. The first-order valence-corrected chi connectivity index (χ1v) is 13.6. The summed E-state index contributed by atoms with van der Waals surface area (Å²) < 4.78 is 20.4. The molecule has 1 atom stereocenters. The number of carboxylic acid groups (broad SMARTS) is 1. The molecule has 1 unspecified atom stereocenters. The van der Waals surface area contributed by atoms with Crippen molar-refractivity contribution in [3.8, 4) is 5.75 Å². The molecule has 208 valence electrons. The average Bonchev–Trinajstić information content (AvgIpc) is 3.28. The standard InChI is InChI=1S/C30H38N4O5/c1-20-25(26(28(35)36)39-29(2,3)4)27-33-15-13-30(5,14-16-33)38-17-9-8-11-21-10-6-7-12-23(21)37-19-22-18-24(31-20)34(27)32-22/h6-10,12,18,26H,11,13-17,19H2,1-5H3,(H,35,36). The minimum atomic E-state index is -1.20. The number of benzene rings is 1. The number of ether oxygens (including phenoxy) is 3. The molecular weight excluding hydrogens is 496 g/mol. The lowest BCUT2D eigenvalue weighted by Crippen LogP contribution is -2.45. The summed E-state index contributed by atoms with van der Waals surface area (Å²) in [4.78, 5) is 19.6. The summed E-state index contributed by atoms with van der Waals surface area (Å²) in [7, 11) is 0. The summed E-state index contributed by atoms with van der Waals surface area (Å²) in [6.45, 7) is 11.7. The Labute approximate surface area is 229 Å². The van der Waals surface area contributed by atoms with Gasteiger partial charge >= 0.3 is 5.97 Å². The molecule has 9 nitrogen and oxygen atoms in total. The van der Waals surface area contributed by atoms with E-state index in [2.05, 4.69) is 30.0 Å². The predicted molar refractivity (Wildman–Crippen MR) is 148 cm³/mol. The molecule has 5 heterocycles. The summed E-state index contributed by atoms with van der Waals surface area (Å²) in [5.74, 6) is 0.444. The van der Waals surface area contributed by atoms with Crippen molar-refractivity contribution < 1.29 is 24.1 Å². The molecule has 3 aliphatic rings. The first-order chi connectivity index (χ1) is 18.5. The molecule has 1 N–H and O–H groups in total. The second-order valence-corrected chi connectivity index (χ2v) is 11.6. The Bertz CT molecular complexity index is 1380. The van der Waals surface area contributed by atoms with Crippen molar-refractivity contribution in [2.45, 2.75) is 77.8 Å². The predicted octanol–water partition coefficient (Wildman–Crippen LogP) is 5.05. The molecular formula is C30H38N4O5. The molecule has 1 aromatic carbocycles. The Kier molecular flexibility index (Phi) is 7.39. The highest BCUT2D eigenvalue weighted by molar-refractivity contribution is 5.78. The second-order valence-electron chi connectivity index (χ2n) is 11.6. The summed E-state index contributed by atoms with van der Waals surface area (Å²) in [6, 6.07) is 9.89. The van der Waals surface area contributed by atoms with E-state index in [0.717, 1.165) is 30.6 Å². The molecule has 0 amide bonds. The van der Waals surface area contributed by atoms with E-state index < -0.39 is 17.7 Å². The maximum absolute atomic E-state index is 12.6. The number of aryl methyl sites for hydroxylation is 1. The van der Waals surface area contributed by atoms with Crippen molar-refractivity contribution >= 4 is 17.4 Å². The molecule has 4 bridgehead atoms. The number of hydrogen-bond donors (Lipinski definition) is 1. The molecule has 0 aliphatic carbocycles. The molecule has 6 rings (SSSR count). The Hall–Kier alpha value is -3.43. The number of allylic oxidation sites excluding steroid dienone is 1. The first kappa shape index (κ1) is 27.1. The lowest BCUT2D eigenvalue weighted by atomic mass is 9.92. The lowest BCUT2D eigenvalue weighted by molar-refractivity contribution is -0.160. The van der Waals surface area contributed by atoms with Crippen LogP contribution in [0.5, 0.6) is 5.75 Å². The van der Waals surface area contributed by atoms with Crippen LogP contribution < -0.4 is 9.64 Å². The van der Waals surface area contributed by atoms with E-state index in [-0.39, 0.29) is 12.2 Å². The smallest absolute Gasteiger partial charge is 0.337 e. The minimum absolute atomic E-state index is 0.264. The van der Waals surface area contributed by atoms with Gasteiger partial charge in [0.25, 0.3) is 0 Å². The van der Waals surface area contributed by atoms with Crippen LogP contribution in [0, 0.1) is 6.92 Å². The highest BCUT2D eigenvalue weighted by atomic mass is 16.5. The fourth-order valence-electron chi connectivity index (χ4n) is 5.26. The van der Waals surface area contributed by atoms with Gasteiger partial charge in [0.05, 0.1) is 23.4 Å². The van der Waals surface area contributed by atoms with Gasteiger partial charge in [-0.3, -0.25) is 0 Å². The Morgan fingerprint density at radius 1 is 1.18 bits per heavy atom. The van der Waals surface area contributed by atoms with Crippen LogP contribution in [-0.2, 0) is 27.3 Å². The number of anilines is 1. The number of aliphatic carboxylic acids is 1. The van der Waals surface area contributed by atoms with Gasteiger partial charge in [-0.25, -0.2) is 9.78 Å². The topological polar surface area (TPSA) is 98.4 Å². The van der Waals surface area contributed by atoms with Crippen LogP contribution in [0.2, 0.25) is 0 Å². The van der Waals surface area contributed by atoms with E-state index in [0.29, 0.717) is 48.1 Å². The third-order valence-electron chi connectivity index (χ3n) is 7.31. The van der Waals surface area contributed by atoms with Crippen molar-refractivity contribution in [3.63, 3.8) is 0 Å². The molecule has 9 heteroatoms. The van der Waals surface area contributed by atoms with Crippen LogP contribution in [0.25, 0.3) is 5.65 Å². The number of carbonyl (C=O) groups is 1. The van der Waals surface area contributed by atoms with Crippen molar-refractivity contribution in [2.75, 3.05) is 24.6 Å². The van der Waals surface area contributed by atoms with Gasteiger partial charge in [0.2, 0.25) is 0 Å². The number of piperidine rings is 1. The first-order valence-electron chi connectivity index (χ1n) is 13.6. The van der Waals surface area contributed by atoms with Crippen LogP contribution >= 0.6 is 0 Å². The molecule has 0 saturated carbocycles. The molecule has 2 aromatic heterocycles. The fraction of sp³-hybridized carbons (Fsp3) is 0.500. The lowest BCUT2D eigenvalue weighted by Gasteiger charge is -2.41. The van der Waals surface area contributed by atoms with Gasteiger partial charge in [0.1, 0.15) is 23.9 Å². The van der Waals surface area contributed by atoms with Gasteiger partial charge in [0, 0.05) is 24.8 Å². The summed E-state index contributed by atoms with van der Waals surface area (Å²) in [5, 5.41) is 15.2. The van der Waals surface area contributed by atoms with E-state index in [1.54, 1.807) is 4.52 Å². The van der Waals surface area contributed by atoms with Gasteiger partial charge in [-0.2, -0.15) is 9.61 Å². The van der Waals surface area contributed by atoms with Crippen molar-refractivity contribution in [3.05, 3.63) is 65.0 Å². The maximum Gasteiger partial charge on any atom is 0.337 e. The van der Waals surface area contributed by atoms with E-state index in [1.807, 2.05) is 52.0 Å². The number of rotatable bonds is 3. The Balaban J connectivity index is 1.64. The number of para-hydroxylation sites is 1. The van der Waals surface area contributed by atoms with E-state index >= 15 is 0 Å². The fourth-order valence-corrected chi connectivity index (χ4v) is 5.26. The number of fused-ring (bicyclic) bond motifs is 6. The zero-order chi connectivity index (χ0) is 27.8. The van der Waals surface area contributed by atoms with Crippen LogP contribution in [0.3, 0.4) is 0 Å². The monoisotopic (exact) mass is 534 g/mol. The van der Waals surface area contributed by atoms with Crippen molar-refractivity contribution in [2.24, 2.45) is 0 Å². The molecule has 1 fully saturated rings. The quantitative estimate of drug-likeness (QED) is 0.467. The van der Waals surface area contributed by atoms with Gasteiger partial charge < -0.3 is 24.2 Å². The molecule has 3 aromatic rings. The van der Waals surface area contributed by atoms with Gasteiger partial charge in [-0.15, -0.1) is 0 Å².